The largest absolute Gasteiger partial charge is 0.489 e. The summed E-state index contributed by atoms with van der Waals surface area (Å²) in [5, 5.41) is 12.0. The molecule has 0 aliphatic carbocycles. The number of likely N-dealkylation sites (N-methyl/N-ethyl adjacent to an activating group) is 1. The van der Waals surface area contributed by atoms with Crippen LogP contribution in [0.3, 0.4) is 0 Å². The lowest BCUT2D eigenvalue weighted by Crippen LogP contribution is -2.34. The number of carboxylic acids is 1. The zero-order valence-electron chi connectivity index (χ0n) is 25.5. The van der Waals surface area contributed by atoms with Gasteiger partial charge in [-0.15, -0.1) is 0 Å². The fourth-order valence-electron chi connectivity index (χ4n) is 5.12. The summed E-state index contributed by atoms with van der Waals surface area (Å²) in [6, 6.07) is 17.3. The van der Waals surface area contributed by atoms with Crippen molar-refractivity contribution < 1.29 is 33.3 Å². The van der Waals surface area contributed by atoms with Crippen molar-refractivity contribution in [3.8, 4) is 16.9 Å². The first-order valence-corrected chi connectivity index (χ1v) is 14.6. The smallest absolute Gasteiger partial charge is 0.408 e. The summed E-state index contributed by atoms with van der Waals surface area (Å²) in [5.74, 6) is -0.898. The number of nitrogens with zero attached hydrogens (tertiary/aromatic N) is 1. The van der Waals surface area contributed by atoms with Gasteiger partial charge < -0.3 is 29.5 Å². The Morgan fingerprint density at radius 1 is 1.14 bits per heavy atom. The van der Waals surface area contributed by atoms with E-state index in [-0.39, 0.29) is 19.1 Å². The molecule has 0 unspecified atom stereocenters. The number of amides is 1. The van der Waals surface area contributed by atoms with E-state index in [0.29, 0.717) is 34.5 Å². The molecule has 1 saturated heterocycles. The minimum absolute atomic E-state index is 0.121. The number of benzene rings is 3. The molecule has 2 N–H and O–H groups in total. The highest BCUT2D eigenvalue weighted by Crippen LogP contribution is 2.33. The molecule has 43 heavy (non-hydrogen) atoms. The summed E-state index contributed by atoms with van der Waals surface area (Å²) in [7, 11) is 1.98. The summed E-state index contributed by atoms with van der Waals surface area (Å²) in [5.41, 5.74) is 2.94. The number of anilines is 1. The Hall–Kier alpha value is -4.11. The van der Waals surface area contributed by atoms with Gasteiger partial charge in [0.2, 0.25) is 0 Å². The first-order valence-electron chi connectivity index (χ1n) is 14.6. The van der Waals surface area contributed by atoms with Crippen LogP contribution in [0, 0.1) is 5.82 Å². The maximum atomic E-state index is 16.1. The Morgan fingerprint density at radius 2 is 1.91 bits per heavy atom. The van der Waals surface area contributed by atoms with Gasteiger partial charge in [-0.25, -0.2) is 9.18 Å². The average Bonchev–Trinajstić information content (AvgIpc) is 3.44. The molecule has 0 aromatic heterocycles. The summed E-state index contributed by atoms with van der Waals surface area (Å²) in [6.07, 6.45) is 1.36. The molecule has 0 spiro atoms. The van der Waals surface area contributed by atoms with Crippen molar-refractivity contribution in [2.45, 2.75) is 71.3 Å². The lowest BCUT2D eigenvalue weighted by Gasteiger charge is -2.25. The van der Waals surface area contributed by atoms with E-state index < -0.39 is 29.5 Å². The van der Waals surface area contributed by atoms with E-state index in [0.717, 1.165) is 30.7 Å². The Labute approximate surface area is 252 Å². The van der Waals surface area contributed by atoms with E-state index in [1.54, 1.807) is 70.2 Å². The molecular weight excluding hydrogens is 551 g/mol. The topological polar surface area (TPSA) is 97.3 Å². The quantitative estimate of drug-likeness (QED) is 0.250. The fourth-order valence-corrected chi connectivity index (χ4v) is 5.12. The number of aliphatic carboxylic acids is 1. The van der Waals surface area contributed by atoms with Gasteiger partial charge in [-0.05, 0) is 75.9 Å². The van der Waals surface area contributed by atoms with Crippen LogP contribution in [0.25, 0.3) is 11.1 Å². The maximum Gasteiger partial charge on any atom is 0.408 e. The third-order valence-electron chi connectivity index (χ3n) is 7.17. The molecule has 8 nitrogen and oxygen atoms in total. The molecule has 0 bridgehead atoms. The van der Waals surface area contributed by atoms with Crippen LogP contribution in [0.15, 0.2) is 60.7 Å². The minimum atomic E-state index is -0.943. The number of alkyl carbamates (subject to hydrolysis) is 1. The number of carboxylic acid groups (broad SMARTS) is 1. The molecule has 0 radical (unpaired) electrons. The first-order chi connectivity index (χ1) is 20.4. The fraction of sp³-hybridized carbons (Fsp3) is 0.412. The second-order valence-corrected chi connectivity index (χ2v) is 11.9. The van der Waals surface area contributed by atoms with E-state index >= 15 is 4.39 Å². The van der Waals surface area contributed by atoms with E-state index in [9.17, 15) is 14.7 Å². The molecule has 0 saturated carbocycles. The summed E-state index contributed by atoms with van der Waals surface area (Å²) in [4.78, 5) is 25.8. The molecule has 1 aliphatic heterocycles. The van der Waals surface area contributed by atoms with Crippen molar-refractivity contribution in [1.82, 2.24) is 5.32 Å². The van der Waals surface area contributed by atoms with E-state index in [1.165, 1.54) is 0 Å². The highest BCUT2D eigenvalue weighted by Gasteiger charge is 2.23. The van der Waals surface area contributed by atoms with Gasteiger partial charge in [0.05, 0.1) is 18.6 Å². The zero-order chi connectivity index (χ0) is 31.1. The lowest BCUT2D eigenvalue weighted by molar-refractivity contribution is -0.136. The maximum absolute atomic E-state index is 16.1. The molecule has 2 atom stereocenters. The number of carbonyl (C=O) groups excluding carboxylic acids is 1. The van der Waals surface area contributed by atoms with Crippen LogP contribution in [-0.2, 0) is 27.3 Å². The van der Waals surface area contributed by atoms with Crippen LogP contribution < -0.4 is 15.0 Å². The van der Waals surface area contributed by atoms with Gasteiger partial charge in [0.1, 0.15) is 23.8 Å². The summed E-state index contributed by atoms with van der Waals surface area (Å²) in [6.45, 7) is 8.62. The molecule has 1 heterocycles. The van der Waals surface area contributed by atoms with Crippen LogP contribution in [0.2, 0.25) is 0 Å². The molecule has 3 aromatic carbocycles. The molecule has 9 heteroatoms. The molecule has 1 aliphatic rings. The monoisotopic (exact) mass is 592 g/mol. The Kier molecular flexibility index (Phi) is 10.3. The van der Waals surface area contributed by atoms with Gasteiger partial charge in [-0.3, -0.25) is 4.79 Å². The average molecular weight is 593 g/mol. The van der Waals surface area contributed by atoms with Crippen LogP contribution >= 0.6 is 0 Å². The Bertz CT molecular complexity index is 1430. The predicted molar refractivity (Wildman–Crippen MR) is 164 cm³/mol. The van der Waals surface area contributed by atoms with Crippen molar-refractivity contribution >= 4 is 17.7 Å². The van der Waals surface area contributed by atoms with Crippen LogP contribution in [0.4, 0.5) is 14.9 Å². The van der Waals surface area contributed by atoms with Crippen LogP contribution in [0.1, 0.15) is 63.3 Å². The van der Waals surface area contributed by atoms with Gasteiger partial charge >= 0.3 is 12.1 Å². The van der Waals surface area contributed by atoms with Crippen LogP contribution in [-0.4, -0.2) is 49.1 Å². The van der Waals surface area contributed by atoms with Crippen LogP contribution in [0.5, 0.6) is 5.75 Å². The van der Waals surface area contributed by atoms with Crippen molar-refractivity contribution in [1.29, 1.82) is 0 Å². The number of ether oxygens (including phenoxy) is 3. The second-order valence-electron chi connectivity index (χ2n) is 11.9. The van der Waals surface area contributed by atoms with Crippen molar-refractivity contribution in [3.05, 3.63) is 83.2 Å². The zero-order valence-corrected chi connectivity index (χ0v) is 25.5. The highest BCUT2D eigenvalue weighted by molar-refractivity contribution is 5.73. The Morgan fingerprint density at radius 3 is 2.60 bits per heavy atom. The minimum Gasteiger partial charge on any atom is -0.489 e. The Balaban J connectivity index is 1.65. The summed E-state index contributed by atoms with van der Waals surface area (Å²) < 4.78 is 33.4. The first kappa shape index (κ1) is 31.8. The molecule has 1 fully saturated rings. The number of nitrogens with one attached hydrogen (secondary N) is 1. The molecule has 4 rings (SSSR count). The predicted octanol–water partition coefficient (Wildman–Crippen LogP) is 6.90. The number of hydrogen-bond acceptors (Lipinski definition) is 6. The van der Waals surface area contributed by atoms with E-state index in [1.807, 2.05) is 25.2 Å². The SMILES string of the molecule is C[C@@H](NC(=O)OC(C)(C)C)c1cccc(-c2cc(COc3ccccc3CC(=O)O)cc(N(C)C[C@@H]3CCCO3)c2)c1F. The number of para-hydroxylation sites is 1. The van der Waals surface area contributed by atoms with Crippen molar-refractivity contribution in [2.24, 2.45) is 0 Å². The van der Waals surface area contributed by atoms with E-state index in [4.69, 9.17) is 14.2 Å². The number of halogens is 1. The van der Waals surface area contributed by atoms with Gasteiger partial charge in [0, 0.05) is 42.6 Å². The second kappa shape index (κ2) is 13.9. The third kappa shape index (κ3) is 8.94. The lowest BCUT2D eigenvalue weighted by atomic mass is 9.97. The molecular formula is C34H41FN2O6. The van der Waals surface area contributed by atoms with E-state index in [2.05, 4.69) is 10.2 Å². The van der Waals surface area contributed by atoms with Gasteiger partial charge in [-0.1, -0.05) is 36.4 Å². The third-order valence-corrected chi connectivity index (χ3v) is 7.17. The number of rotatable bonds is 11. The van der Waals surface area contributed by atoms with Crippen molar-refractivity contribution in [3.63, 3.8) is 0 Å². The van der Waals surface area contributed by atoms with Gasteiger partial charge in [0.15, 0.2) is 0 Å². The molecule has 3 aromatic rings. The number of carbonyl (C=O) groups is 2. The van der Waals surface area contributed by atoms with Crippen molar-refractivity contribution in [2.75, 3.05) is 25.1 Å². The van der Waals surface area contributed by atoms with Gasteiger partial charge in [-0.2, -0.15) is 0 Å². The molecule has 230 valence electrons. The standard InChI is InChI=1S/C34H41FN2O6/c1-22(36-33(40)43-34(2,3)4)28-12-8-13-29(32(28)35)25-16-23(17-26(18-25)37(5)20-27-11-9-15-41-27)21-42-30-14-7-6-10-24(30)19-31(38)39/h6-8,10,12-14,16-18,22,27H,9,11,15,19-21H2,1-5H3,(H,36,40)(H,38,39)/t22-,27+/m1/s1. The normalized spacial score (nSPS) is 15.5. The van der Waals surface area contributed by atoms with Gasteiger partial charge in [0.25, 0.3) is 0 Å². The summed E-state index contributed by atoms with van der Waals surface area (Å²) >= 11 is 0. The molecule has 1 amide bonds. The number of hydrogen-bond donors (Lipinski definition) is 2. The highest BCUT2D eigenvalue weighted by atomic mass is 19.1.